The van der Waals surface area contributed by atoms with Crippen molar-refractivity contribution in [3.63, 3.8) is 0 Å². The third-order valence-electron chi connectivity index (χ3n) is 6.57. The molecule has 27 heavy (non-hydrogen) atoms. The fourth-order valence-electron chi connectivity index (χ4n) is 5.01. The van der Waals surface area contributed by atoms with E-state index in [1.54, 1.807) is 4.57 Å². The Morgan fingerprint density at radius 3 is 2.63 bits per heavy atom. The van der Waals surface area contributed by atoms with Crippen molar-refractivity contribution in [3.05, 3.63) is 70.2 Å². The zero-order chi connectivity index (χ0) is 18.4. The molecule has 140 valence electrons. The summed E-state index contributed by atoms with van der Waals surface area (Å²) in [6.07, 6.45) is 2.42. The highest BCUT2D eigenvalue weighted by molar-refractivity contribution is 5.72. The minimum atomic E-state index is -0.287. The van der Waals surface area contributed by atoms with Crippen LogP contribution in [0.1, 0.15) is 24.0 Å². The van der Waals surface area contributed by atoms with Gasteiger partial charge in [0.2, 0.25) is 0 Å². The average Bonchev–Trinajstić information content (AvgIpc) is 3.15. The molecule has 0 saturated carbocycles. The van der Waals surface area contributed by atoms with Gasteiger partial charge in [0.15, 0.2) is 5.58 Å². The Hall–Kier alpha value is -2.37. The lowest BCUT2D eigenvalue weighted by Gasteiger charge is -2.42. The van der Waals surface area contributed by atoms with E-state index >= 15 is 0 Å². The van der Waals surface area contributed by atoms with Crippen molar-refractivity contribution < 1.29 is 9.52 Å². The average molecular weight is 364 g/mol. The Morgan fingerprint density at radius 1 is 1.04 bits per heavy atom. The Morgan fingerprint density at radius 2 is 1.78 bits per heavy atom. The summed E-state index contributed by atoms with van der Waals surface area (Å²) in [5.74, 6) is -0.287. The molecule has 0 bridgehead atoms. The summed E-state index contributed by atoms with van der Waals surface area (Å²) in [4.78, 5) is 14.5. The van der Waals surface area contributed by atoms with E-state index in [1.165, 1.54) is 11.1 Å². The molecule has 1 aliphatic carbocycles. The van der Waals surface area contributed by atoms with Gasteiger partial charge in [-0.2, -0.15) is 0 Å². The second kappa shape index (κ2) is 6.36. The first-order valence-electron chi connectivity index (χ1n) is 9.74. The monoisotopic (exact) mass is 364 g/mol. The SMILES string of the molecule is O=c1oc2ccccc2n1CCN1CCC2(CC1)c1ccccc1C[C@H]2O. The number of hydrogen-bond donors (Lipinski definition) is 1. The minimum Gasteiger partial charge on any atom is -0.408 e. The smallest absolute Gasteiger partial charge is 0.408 e. The molecular weight excluding hydrogens is 340 g/mol. The van der Waals surface area contributed by atoms with Crippen LogP contribution in [0.25, 0.3) is 11.1 Å². The molecule has 2 heterocycles. The van der Waals surface area contributed by atoms with Crippen molar-refractivity contribution in [1.82, 2.24) is 9.47 Å². The minimum absolute atomic E-state index is 0.0910. The van der Waals surface area contributed by atoms with Crippen LogP contribution in [-0.4, -0.2) is 40.3 Å². The van der Waals surface area contributed by atoms with Gasteiger partial charge < -0.3 is 14.4 Å². The Labute approximate surface area is 157 Å². The summed E-state index contributed by atoms with van der Waals surface area (Å²) >= 11 is 0. The van der Waals surface area contributed by atoms with Gasteiger partial charge in [-0.25, -0.2) is 4.79 Å². The van der Waals surface area contributed by atoms with Crippen LogP contribution in [0.4, 0.5) is 0 Å². The van der Waals surface area contributed by atoms with Crippen molar-refractivity contribution in [1.29, 1.82) is 0 Å². The van der Waals surface area contributed by atoms with Crippen molar-refractivity contribution in [2.45, 2.75) is 37.3 Å². The molecule has 0 radical (unpaired) electrons. The van der Waals surface area contributed by atoms with Crippen molar-refractivity contribution in [3.8, 4) is 0 Å². The maximum Gasteiger partial charge on any atom is 0.419 e. The molecule has 1 fully saturated rings. The van der Waals surface area contributed by atoms with Crippen molar-refractivity contribution in [2.24, 2.45) is 0 Å². The summed E-state index contributed by atoms with van der Waals surface area (Å²) in [6, 6.07) is 16.1. The van der Waals surface area contributed by atoms with Gasteiger partial charge >= 0.3 is 5.76 Å². The van der Waals surface area contributed by atoms with Gasteiger partial charge in [-0.05, 0) is 55.6 Å². The predicted octanol–water partition coefficient (Wildman–Crippen LogP) is 2.55. The van der Waals surface area contributed by atoms with Crippen LogP contribution in [0.15, 0.2) is 57.7 Å². The Bertz CT molecular complexity index is 1030. The lowest BCUT2D eigenvalue weighted by atomic mass is 9.72. The zero-order valence-corrected chi connectivity index (χ0v) is 15.3. The highest BCUT2D eigenvalue weighted by Gasteiger charge is 2.47. The molecular formula is C22H24N2O3. The summed E-state index contributed by atoms with van der Waals surface area (Å²) in [6.45, 7) is 3.32. The van der Waals surface area contributed by atoms with E-state index in [-0.39, 0.29) is 17.3 Å². The van der Waals surface area contributed by atoms with Gasteiger partial charge in [-0.3, -0.25) is 4.57 Å². The highest BCUT2D eigenvalue weighted by Crippen LogP contribution is 2.46. The molecule has 0 amide bonds. The van der Waals surface area contributed by atoms with Crippen LogP contribution in [0.5, 0.6) is 0 Å². The van der Waals surface area contributed by atoms with Crippen LogP contribution in [0.2, 0.25) is 0 Å². The molecule has 2 aromatic carbocycles. The molecule has 5 heteroatoms. The number of benzene rings is 2. The van der Waals surface area contributed by atoms with Crippen molar-refractivity contribution in [2.75, 3.05) is 19.6 Å². The standard InChI is InChI=1S/C22H24N2O3/c25-20-15-16-5-1-2-6-17(16)22(20)9-11-23(12-10-22)13-14-24-18-7-3-4-8-19(18)27-21(24)26/h1-8,20,25H,9-15H2/t20-/m1/s1. The molecule has 1 aromatic heterocycles. The fraction of sp³-hybridized carbons (Fsp3) is 0.409. The van der Waals surface area contributed by atoms with Crippen LogP contribution < -0.4 is 5.76 Å². The van der Waals surface area contributed by atoms with E-state index in [2.05, 4.69) is 29.2 Å². The first-order valence-corrected chi connectivity index (χ1v) is 9.74. The summed E-state index contributed by atoms with van der Waals surface area (Å²) in [7, 11) is 0. The number of oxazole rings is 1. The number of para-hydroxylation sites is 2. The first-order chi connectivity index (χ1) is 13.2. The Kier molecular flexibility index (Phi) is 3.95. The molecule has 3 aromatic rings. The first kappa shape index (κ1) is 16.8. The number of aliphatic hydroxyl groups is 1. The van der Waals surface area contributed by atoms with Crippen LogP contribution in [-0.2, 0) is 18.4 Å². The lowest BCUT2D eigenvalue weighted by Crippen LogP contribution is -2.48. The number of piperidine rings is 1. The zero-order valence-electron chi connectivity index (χ0n) is 15.3. The van der Waals surface area contributed by atoms with Gasteiger partial charge in [0.25, 0.3) is 0 Å². The molecule has 1 N–H and O–H groups in total. The van der Waals surface area contributed by atoms with Crippen LogP contribution in [0.3, 0.4) is 0 Å². The molecule has 5 rings (SSSR count). The van der Waals surface area contributed by atoms with Gasteiger partial charge in [0, 0.05) is 18.5 Å². The van der Waals surface area contributed by atoms with Crippen LogP contribution >= 0.6 is 0 Å². The summed E-state index contributed by atoms with van der Waals surface area (Å²) in [5, 5.41) is 10.8. The largest absolute Gasteiger partial charge is 0.419 e. The number of aromatic nitrogens is 1. The molecule has 1 atom stereocenters. The normalized spacial score (nSPS) is 21.7. The maximum atomic E-state index is 12.1. The lowest BCUT2D eigenvalue weighted by molar-refractivity contribution is 0.0425. The number of likely N-dealkylation sites (tertiary alicyclic amines) is 1. The number of hydrogen-bond acceptors (Lipinski definition) is 4. The van der Waals surface area contributed by atoms with Gasteiger partial charge in [-0.15, -0.1) is 0 Å². The van der Waals surface area contributed by atoms with Crippen LogP contribution in [0, 0.1) is 0 Å². The maximum absolute atomic E-state index is 12.1. The molecule has 5 nitrogen and oxygen atoms in total. The molecule has 1 spiro atoms. The van der Waals surface area contributed by atoms with E-state index in [1.807, 2.05) is 24.3 Å². The molecule has 1 saturated heterocycles. The Balaban J connectivity index is 1.29. The van der Waals surface area contributed by atoms with Gasteiger partial charge in [0.05, 0.1) is 11.6 Å². The number of aliphatic hydroxyl groups excluding tert-OH is 1. The number of fused-ring (bicyclic) bond motifs is 3. The summed E-state index contributed by atoms with van der Waals surface area (Å²) in [5.41, 5.74) is 4.05. The van der Waals surface area contributed by atoms with E-state index in [0.29, 0.717) is 12.1 Å². The topological polar surface area (TPSA) is 58.6 Å². The quantitative estimate of drug-likeness (QED) is 0.776. The second-order valence-electron chi connectivity index (χ2n) is 7.86. The predicted molar refractivity (Wildman–Crippen MR) is 104 cm³/mol. The highest BCUT2D eigenvalue weighted by atomic mass is 16.4. The van der Waals surface area contributed by atoms with E-state index in [0.717, 1.165) is 44.4 Å². The van der Waals surface area contributed by atoms with E-state index in [4.69, 9.17) is 4.42 Å². The second-order valence-corrected chi connectivity index (χ2v) is 7.86. The van der Waals surface area contributed by atoms with Gasteiger partial charge in [-0.1, -0.05) is 36.4 Å². The summed E-state index contributed by atoms with van der Waals surface area (Å²) < 4.78 is 7.05. The molecule has 0 unspecified atom stereocenters. The third kappa shape index (κ3) is 2.65. The van der Waals surface area contributed by atoms with E-state index in [9.17, 15) is 9.90 Å². The molecule has 2 aliphatic rings. The molecule has 1 aliphatic heterocycles. The fourth-order valence-corrected chi connectivity index (χ4v) is 5.01. The number of rotatable bonds is 3. The van der Waals surface area contributed by atoms with E-state index < -0.39 is 0 Å². The van der Waals surface area contributed by atoms with Crippen molar-refractivity contribution >= 4 is 11.1 Å². The number of nitrogens with zero attached hydrogens (tertiary/aromatic N) is 2. The third-order valence-corrected chi connectivity index (χ3v) is 6.57. The van der Waals surface area contributed by atoms with Gasteiger partial charge in [0.1, 0.15) is 0 Å².